The first kappa shape index (κ1) is 13.6. The van der Waals surface area contributed by atoms with Crippen molar-refractivity contribution in [1.82, 2.24) is 10.2 Å². The molecule has 1 atom stereocenters. The quantitative estimate of drug-likeness (QED) is 0.819. The molecule has 5 nitrogen and oxygen atoms in total. The molecule has 1 N–H and O–H groups in total. The summed E-state index contributed by atoms with van der Waals surface area (Å²) in [5.74, 6) is 0.483. The molecule has 2 aliphatic rings. The van der Waals surface area contributed by atoms with Crippen molar-refractivity contribution in [3.8, 4) is 0 Å². The van der Waals surface area contributed by atoms with Crippen LogP contribution in [0.2, 0.25) is 0 Å². The fraction of sp³-hybridized carbons (Fsp3) is 0.923. The standard InChI is InChI=1S/C13H24N2O3/c1-13(9-18-10-13)8-14-12(16)15(2)6-11-4-3-5-17-7-11/h11H,3-10H2,1-2H3,(H,14,16)/t11-/m1/s1. The maximum Gasteiger partial charge on any atom is 0.317 e. The van der Waals surface area contributed by atoms with Crippen molar-refractivity contribution in [1.29, 1.82) is 0 Å². The Balaban J connectivity index is 1.67. The van der Waals surface area contributed by atoms with E-state index in [1.165, 1.54) is 0 Å². The Morgan fingerprint density at radius 3 is 2.78 bits per heavy atom. The molecule has 0 saturated carbocycles. The highest BCUT2D eigenvalue weighted by atomic mass is 16.5. The lowest BCUT2D eigenvalue weighted by Gasteiger charge is -2.38. The average molecular weight is 256 g/mol. The van der Waals surface area contributed by atoms with E-state index in [0.29, 0.717) is 12.5 Å². The van der Waals surface area contributed by atoms with Crippen LogP contribution in [0.4, 0.5) is 4.79 Å². The van der Waals surface area contributed by atoms with Gasteiger partial charge in [0, 0.05) is 38.1 Å². The largest absolute Gasteiger partial charge is 0.381 e. The van der Waals surface area contributed by atoms with E-state index in [2.05, 4.69) is 12.2 Å². The van der Waals surface area contributed by atoms with Gasteiger partial charge in [-0.25, -0.2) is 4.79 Å². The predicted molar refractivity (Wildman–Crippen MR) is 68.5 cm³/mol. The normalized spacial score (nSPS) is 26.2. The summed E-state index contributed by atoms with van der Waals surface area (Å²) in [7, 11) is 1.85. The van der Waals surface area contributed by atoms with Gasteiger partial charge in [0.25, 0.3) is 0 Å². The topological polar surface area (TPSA) is 50.8 Å². The summed E-state index contributed by atoms with van der Waals surface area (Å²) in [6.07, 6.45) is 2.26. The fourth-order valence-electron chi connectivity index (χ4n) is 2.40. The first-order valence-electron chi connectivity index (χ1n) is 6.73. The number of amides is 2. The summed E-state index contributed by atoms with van der Waals surface area (Å²) in [4.78, 5) is 13.7. The summed E-state index contributed by atoms with van der Waals surface area (Å²) < 4.78 is 10.6. The lowest BCUT2D eigenvalue weighted by atomic mass is 9.89. The van der Waals surface area contributed by atoms with Crippen molar-refractivity contribution in [3.63, 3.8) is 0 Å². The molecule has 2 fully saturated rings. The van der Waals surface area contributed by atoms with Gasteiger partial charge in [-0.2, -0.15) is 0 Å². The number of urea groups is 1. The minimum absolute atomic E-state index is 0.00805. The van der Waals surface area contributed by atoms with E-state index >= 15 is 0 Å². The van der Waals surface area contributed by atoms with Gasteiger partial charge in [0.05, 0.1) is 19.8 Å². The first-order valence-corrected chi connectivity index (χ1v) is 6.73. The molecule has 0 aromatic rings. The fourth-order valence-corrected chi connectivity index (χ4v) is 2.40. The smallest absolute Gasteiger partial charge is 0.317 e. The van der Waals surface area contributed by atoms with E-state index in [0.717, 1.165) is 45.8 Å². The molecule has 2 rings (SSSR count). The van der Waals surface area contributed by atoms with E-state index in [-0.39, 0.29) is 11.4 Å². The zero-order chi connectivity index (χ0) is 13.0. The van der Waals surface area contributed by atoms with Crippen LogP contribution in [0.5, 0.6) is 0 Å². The second-order valence-electron chi connectivity index (χ2n) is 5.93. The monoisotopic (exact) mass is 256 g/mol. The van der Waals surface area contributed by atoms with Crippen LogP contribution in [-0.2, 0) is 9.47 Å². The molecule has 2 saturated heterocycles. The van der Waals surface area contributed by atoms with Crippen molar-refractivity contribution in [3.05, 3.63) is 0 Å². The van der Waals surface area contributed by atoms with Crippen LogP contribution < -0.4 is 5.32 Å². The third-order valence-electron chi connectivity index (χ3n) is 3.70. The highest BCUT2D eigenvalue weighted by Crippen LogP contribution is 2.25. The summed E-state index contributed by atoms with van der Waals surface area (Å²) >= 11 is 0. The number of carbonyl (C=O) groups excluding carboxylic acids is 1. The Hall–Kier alpha value is -0.810. The van der Waals surface area contributed by atoms with Gasteiger partial charge in [-0.15, -0.1) is 0 Å². The third kappa shape index (κ3) is 3.59. The van der Waals surface area contributed by atoms with Crippen LogP contribution in [0.1, 0.15) is 19.8 Å². The van der Waals surface area contributed by atoms with Crippen molar-refractivity contribution < 1.29 is 14.3 Å². The Morgan fingerprint density at radius 1 is 1.44 bits per heavy atom. The maximum atomic E-state index is 11.9. The van der Waals surface area contributed by atoms with Crippen LogP contribution in [0.25, 0.3) is 0 Å². The minimum Gasteiger partial charge on any atom is -0.381 e. The molecule has 2 heterocycles. The minimum atomic E-state index is 0.00805. The van der Waals surface area contributed by atoms with Crippen LogP contribution in [0.3, 0.4) is 0 Å². The average Bonchev–Trinajstić information content (AvgIpc) is 2.34. The molecule has 0 radical (unpaired) electrons. The Bertz CT molecular complexity index is 286. The molecule has 0 aromatic heterocycles. The van der Waals surface area contributed by atoms with Gasteiger partial charge in [0.15, 0.2) is 0 Å². The van der Waals surface area contributed by atoms with Gasteiger partial charge in [-0.1, -0.05) is 6.92 Å². The van der Waals surface area contributed by atoms with Crippen molar-refractivity contribution in [2.45, 2.75) is 19.8 Å². The predicted octanol–water partition coefficient (Wildman–Crippen LogP) is 1.09. The molecule has 0 unspecified atom stereocenters. The molecule has 5 heteroatoms. The van der Waals surface area contributed by atoms with Gasteiger partial charge < -0.3 is 19.7 Å². The van der Waals surface area contributed by atoms with E-state index in [4.69, 9.17) is 9.47 Å². The number of hydrogen-bond acceptors (Lipinski definition) is 3. The Labute approximate surface area is 109 Å². The number of ether oxygens (including phenoxy) is 2. The molecule has 18 heavy (non-hydrogen) atoms. The van der Waals surface area contributed by atoms with Gasteiger partial charge in [0.2, 0.25) is 0 Å². The first-order chi connectivity index (χ1) is 8.59. The van der Waals surface area contributed by atoms with Gasteiger partial charge >= 0.3 is 6.03 Å². The zero-order valence-corrected chi connectivity index (χ0v) is 11.4. The van der Waals surface area contributed by atoms with Gasteiger partial charge in [-0.3, -0.25) is 0 Å². The molecule has 0 bridgehead atoms. The second kappa shape index (κ2) is 5.89. The highest BCUT2D eigenvalue weighted by Gasteiger charge is 2.33. The molecular formula is C13H24N2O3. The Morgan fingerprint density at radius 2 is 2.22 bits per heavy atom. The highest BCUT2D eigenvalue weighted by molar-refractivity contribution is 5.73. The van der Waals surface area contributed by atoms with Crippen LogP contribution >= 0.6 is 0 Å². The summed E-state index contributed by atoms with van der Waals surface area (Å²) in [6.45, 7) is 6.73. The van der Waals surface area contributed by atoms with Crippen molar-refractivity contribution in [2.24, 2.45) is 11.3 Å². The van der Waals surface area contributed by atoms with E-state index in [1.54, 1.807) is 4.90 Å². The number of nitrogens with one attached hydrogen (secondary N) is 1. The molecular weight excluding hydrogens is 232 g/mol. The number of nitrogens with zero attached hydrogens (tertiary/aromatic N) is 1. The SMILES string of the molecule is CN(C[C@H]1CCCOC1)C(=O)NCC1(C)COC1. The van der Waals surface area contributed by atoms with Gasteiger partial charge in [0.1, 0.15) is 0 Å². The Kier molecular flexibility index (Phi) is 4.45. The van der Waals surface area contributed by atoms with E-state index < -0.39 is 0 Å². The van der Waals surface area contributed by atoms with Crippen molar-refractivity contribution in [2.75, 3.05) is 46.6 Å². The molecule has 0 aliphatic carbocycles. The summed E-state index contributed by atoms with van der Waals surface area (Å²) in [5, 5.41) is 2.98. The zero-order valence-electron chi connectivity index (χ0n) is 11.4. The summed E-state index contributed by atoms with van der Waals surface area (Å²) in [6, 6.07) is 0.00805. The molecule has 2 aliphatic heterocycles. The second-order valence-corrected chi connectivity index (χ2v) is 5.93. The third-order valence-corrected chi connectivity index (χ3v) is 3.70. The van der Waals surface area contributed by atoms with E-state index in [1.807, 2.05) is 7.05 Å². The van der Waals surface area contributed by atoms with E-state index in [9.17, 15) is 4.79 Å². The van der Waals surface area contributed by atoms with Gasteiger partial charge in [-0.05, 0) is 12.8 Å². The number of carbonyl (C=O) groups is 1. The molecule has 0 spiro atoms. The lowest BCUT2D eigenvalue weighted by Crippen LogP contribution is -2.51. The molecule has 0 aromatic carbocycles. The molecule has 104 valence electrons. The molecule has 2 amide bonds. The lowest BCUT2D eigenvalue weighted by molar-refractivity contribution is -0.0978. The summed E-state index contributed by atoms with van der Waals surface area (Å²) in [5.41, 5.74) is 0.129. The van der Waals surface area contributed by atoms with Crippen LogP contribution in [0.15, 0.2) is 0 Å². The van der Waals surface area contributed by atoms with Crippen LogP contribution in [0, 0.1) is 11.3 Å². The maximum absolute atomic E-state index is 11.9. The van der Waals surface area contributed by atoms with Crippen molar-refractivity contribution >= 4 is 6.03 Å². The number of hydrogen-bond donors (Lipinski definition) is 1. The van der Waals surface area contributed by atoms with Crippen LogP contribution in [-0.4, -0.2) is 57.5 Å². The number of rotatable bonds is 4.